The highest BCUT2D eigenvalue weighted by Gasteiger charge is 2.35. The maximum absolute atomic E-state index is 12.8. The molecule has 0 spiro atoms. The van der Waals surface area contributed by atoms with Crippen LogP contribution in [0.5, 0.6) is 5.75 Å². The number of likely N-dealkylation sites (tertiary alicyclic amines) is 1. The average molecular weight is 484 g/mol. The van der Waals surface area contributed by atoms with E-state index < -0.39 is 0 Å². The Labute approximate surface area is 209 Å². The fraction of sp³-hybridized carbons (Fsp3) is 0.552. The summed E-state index contributed by atoms with van der Waals surface area (Å²) < 4.78 is 12.4. The topological polar surface area (TPSA) is 38.8 Å². The Morgan fingerprint density at radius 1 is 1.09 bits per heavy atom. The molecule has 34 heavy (non-hydrogen) atoms. The molecule has 0 N–H and O–H groups in total. The van der Waals surface area contributed by atoms with Crippen LogP contribution in [-0.2, 0) is 9.53 Å². The van der Waals surface area contributed by atoms with Gasteiger partial charge in [-0.25, -0.2) is 0 Å². The Morgan fingerprint density at radius 2 is 1.82 bits per heavy atom. The number of piperidine rings is 1. The number of hydrogen-bond donors (Lipinski definition) is 0. The highest BCUT2D eigenvalue weighted by Crippen LogP contribution is 2.45. The summed E-state index contributed by atoms with van der Waals surface area (Å²) in [5.41, 5.74) is 2.28. The minimum absolute atomic E-state index is 0.00165. The lowest BCUT2D eigenvalue weighted by Gasteiger charge is -2.39. The molecule has 1 amide bonds. The van der Waals surface area contributed by atoms with Gasteiger partial charge in [0.15, 0.2) is 6.61 Å². The zero-order valence-corrected chi connectivity index (χ0v) is 21.6. The van der Waals surface area contributed by atoms with E-state index in [-0.39, 0.29) is 18.6 Å². The highest BCUT2D eigenvalue weighted by molar-refractivity contribution is 6.31. The third-order valence-electron chi connectivity index (χ3n) is 7.39. The second-order valence-electron chi connectivity index (χ2n) is 10.7. The van der Waals surface area contributed by atoms with Crippen molar-refractivity contribution >= 4 is 17.5 Å². The van der Waals surface area contributed by atoms with Gasteiger partial charge in [-0.3, -0.25) is 4.79 Å². The molecule has 5 atom stereocenters. The van der Waals surface area contributed by atoms with E-state index >= 15 is 0 Å². The first-order valence-corrected chi connectivity index (χ1v) is 13.1. The quantitative estimate of drug-likeness (QED) is 0.456. The number of ether oxygens (including phenoxy) is 2. The van der Waals surface area contributed by atoms with Gasteiger partial charge in [-0.05, 0) is 65.8 Å². The van der Waals surface area contributed by atoms with Crippen molar-refractivity contribution in [1.82, 2.24) is 4.90 Å². The van der Waals surface area contributed by atoms with Crippen molar-refractivity contribution in [3.8, 4) is 5.75 Å². The molecule has 0 aliphatic carbocycles. The van der Waals surface area contributed by atoms with Crippen LogP contribution in [-0.4, -0.2) is 37.1 Å². The minimum atomic E-state index is 0.00165. The first-order chi connectivity index (χ1) is 16.3. The van der Waals surface area contributed by atoms with Gasteiger partial charge < -0.3 is 14.4 Å². The first kappa shape index (κ1) is 25.1. The molecule has 2 aliphatic heterocycles. The van der Waals surface area contributed by atoms with Crippen molar-refractivity contribution in [2.45, 2.75) is 52.6 Å². The van der Waals surface area contributed by atoms with Gasteiger partial charge in [-0.1, -0.05) is 69.6 Å². The Hall–Kier alpha value is -2.04. The second-order valence-corrected chi connectivity index (χ2v) is 11.1. The van der Waals surface area contributed by atoms with Gasteiger partial charge in [0.1, 0.15) is 5.75 Å². The van der Waals surface area contributed by atoms with Gasteiger partial charge in [0.05, 0.1) is 12.7 Å². The van der Waals surface area contributed by atoms with Gasteiger partial charge in [-0.2, -0.15) is 0 Å². The van der Waals surface area contributed by atoms with Crippen LogP contribution < -0.4 is 4.74 Å². The lowest BCUT2D eigenvalue weighted by molar-refractivity contribution is -0.136. The first-order valence-electron chi connectivity index (χ1n) is 12.7. The summed E-state index contributed by atoms with van der Waals surface area (Å²) in [4.78, 5) is 14.7. The number of amides is 1. The monoisotopic (exact) mass is 483 g/mol. The number of halogens is 1. The molecule has 2 aromatic rings. The summed E-state index contributed by atoms with van der Waals surface area (Å²) in [6.07, 6.45) is 2.21. The highest BCUT2D eigenvalue weighted by atomic mass is 35.5. The molecule has 0 aromatic heterocycles. The van der Waals surface area contributed by atoms with E-state index in [2.05, 4.69) is 39.8 Å². The number of rotatable bonds is 6. The second kappa shape index (κ2) is 11.1. The number of benzene rings is 2. The Balaban J connectivity index is 1.42. The predicted octanol–water partition coefficient (Wildman–Crippen LogP) is 6.74. The van der Waals surface area contributed by atoms with E-state index in [1.165, 1.54) is 12.0 Å². The zero-order valence-electron chi connectivity index (χ0n) is 20.9. The van der Waals surface area contributed by atoms with Crippen LogP contribution in [0.4, 0.5) is 0 Å². The van der Waals surface area contributed by atoms with E-state index in [1.807, 2.05) is 41.3 Å². The predicted molar refractivity (Wildman–Crippen MR) is 137 cm³/mol. The molecule has 0 unspecified atom stereocenters. The van der Waals surface area contributed by atoms with Gasteiger partial charge >= 0.3 is 0 Å². The summed E-state index contributed by atoms with van der Waals surface area (Å²) in [5.74, 6) is 3.00. The lowest BCUT2D eigenvalue weighted by Crippen LogP contribution is -2.44. The van der Waals surface area contributed by atoms with Crippen LogP contribution >= 0.6 is 11.6 Å². The maximum Gasteiger partial charge on any atom is 0.260 e. The van der Waals surface area contributed by atoms with E-state index in [1.54, 1.807) is 0 Å². The standard InChI is InChI=1S/C29H38ClNO3/c1-19(2)26-14-23(25-10-5-6-11-27(25)30)17-34-29(26)22-8-7-9-24(13-22)33-18-28(32)31-15-20(3)12-21(4)16-31/h5-11,13,19-21,23,26,29H,12,14-18H2,1-4H3/t20-,21-,23+,26+,29+/m1/s1. The summed E-state index contributed by atoms with van der Waals surface area (Å²) in [7, 11) is 0. The van der Waals surface area contributed by atoms with E-state index in [0.717, 1.165) is 35.8 Å². The molecule has 0 saturated carbocycles. The van der Waals surface area contributed by atoms with Crippen LogP contribution in [0.15, 0.2) is 48.5 Å². The molecule has 4 rings (SSSR count). The molecule has 2 saturated heterocycles. The fourth-order valence-corrected chi connectivity index (χ4v) is 6.03. The van der Waals surface area contributed by atoms with Crippen molar-refractivity contribution in [1.29, 1.82) is 0 Å². The third-order valence-corrected chi connectivity index (χ3v) is 7.74. The summed E-state index contributed by atoms with van der Waals surface area (Å²) in [6, 6.07) is 16.2. The van der Waals surface area contributed by atoms with Crippen LogP contribution in [0.2, 0.25) is 5.02 Å². The Kier molecular flexibility index (Phi) is 8.21. The summed E-state index contributed by atoms with van der Waals surface area (Å²) >= 11 is 6.49. The van der Waals surface area contributed by atoms with Gasteiger partial charge in [-0.15, -0.1) is 0 Å². The normalized spacial score (nSPS) is 27.6. The van der Waals surface area contributed by atoms with Gasteiger partial charge in [0, 0.05) is 24.0 Å². The minimum Gasteiger partial charge on any atom is -0.484 e. The number of carbonyl (C=O) groups excluding carboxylic acids is 1. The average Bonchev–Trinajstić information content (AvgIpc) is 2.82. The largest absolute Gasteiger partial charge is 0.484 e. The number of carbonyl (C=O) groups is 1. The Morgan fingerprint density at radius 3 is 2.53 bits per heavy atom. The summed E-state index contributed by atoms with van der Waals surface area (Å²) in [5, 5.41) is 0.814. The lowest BCUT2D eigenvalue weighted by atomic mass is 9.76. The van der Waals surface area contributed by atoms with Gasteiger partial charge in [0.2, 0.25) is 0 Å². The number of nitrogens with zero attached hydrogens (tertiary/aromatic N) is 1. The zero-order chi connectivity index (χ0) is 24.2. The van der Waals surface area contributed by atoms with Crippen molar-refractivity contribution in [3.63, 3.8) is 0 Å². The molecule has 2 heterocycles. The van der Waals surface area contributed by atoms with Gasteiger partial charge in [0.25, 0.3) is 5.91 Å². The molecule has 2 aliphatic rings. The molecular formula is C29H38ClNO3. The SMILES string of the molecule is CC(C)[C@@H]1C[C@H](c2ccccc2Cl)CO[C@H]1c1cccc(OCC(=O)N2C[C@H](C)C[C@@H](C)C2)c1. The Bertz CT molecular complexity index is 967. The van der Waals surface area contributed by atoms with E-state index in [0.29, 0.717) is 36.2 Å². The smallest absolute Gasteiger partial charge is 0.260 e. The van der Waals surface area contributed by atoms with Crippen LogP contribution in [0.25, 0.3) is 0 Å². The fourth-order valence-electron chi connectivity index (χ4n) is 5.74. The molecule has 4 nitrogen and oxygen atoms in total. The van der Waals surface area contributed by atoms with Crippen molar-refractivity contribution in [2.24, 2.45) is 23.7 Å². The molecule has 5 heteroatoms. The van der Waals surface area contributed by atoms with Crippen LogP contribution in [0.3, 0.4) is 0 Å². The maximum atomic E-state index is 12.8. The molecular weight excluding hydrogens is 446 g/mol. The van der Waals surface area contributed by atoms with E-state index in [9.17, 15) is 4.79 Å². The van der Waals surface area contributed by atoms with Crippen molar-refractivity contribution < 1.29 is 14.3 Å². The molecule has 2 aromatic carbocycles. The molecule has 2 fully saturated rings. The molecule has 0 bridgehead atoms. The third kappa shape index (κ3) is 5.95. The molecule has 0 radical (unpaired) electrons. The van der Waals surface area contributed by atoms with Crippen LogP contribution in [0.1, 0.15) is 63.7 Å². The van der Waals surface area contributed by atoms with Crippen molar-refractivity contribution in [2.75, 3.05) is 26.3 Å². The molecule has 184 valence electrons. The van der Waals surface area contributed by atoms with E-state index in [4.69, 9.17) is 21.1 Å². The number of hydrogen-bond acceptors (Lipinski definition) is 3. The van der Waals surface area contributed by atoms with Crippen LogP contribution in [0, 0.1) is 23.7 Å². The van der Waals surface area contributed by atoms with Crippen molar-refractivity contribution in [3.05, 3.63) is 64.7 Å². The summed E-state index contributed by atoms with van der Waals surface area (Å²) in [6.45, 7) is 11.3.